The highest BCUT2D eigenvalue weighted by Gasteiger charge is 2.19. The molecule has 0 saturated heterocycles. The fraction of sp³-hybridized carbons (Fsp3) is 0.882. The first-order valence-electron chi connectivity index (χ1n) is 37.0. The van der Waals surface area contributed by atoms with E-state index in [9.17, 15) is 14.4 Å². The van der Waals surface area contributed by atoms with Crippen LogP contribution in [0.4, 0.5) is 0 Å². The predicted octanol–water partition coefficient (Wildman–Crippen LogP) is 25.5. The Bertz CT molecular complexity index is 1370. The molecular formula is C76H142O6. The van der Waals surface area contributed by atoms with Crippen LogP contribution in [0.15, 0.2) is 36.5 Å². The molecule has 0 N–H and O–H groups in total. The first-order chi connectivity index (χ1) is 40.5. The lowest BCUT2D eigenvalue weighted by Gasteiger charge is -2.18. The van der Waals surface area contributed by atoms with Crippen LogP contribution in [0.5, 0.6) is 0 Å². The van der Waals surface area contributed by atoms with E-state index >= 15 is 0 Å². The molecule has 0 aliphatic carbocycles. The summed E-state index contributed by atoms with van der Waals surface area (Å²) in [4.78, 5) is 38.5. The number of hydrogen-bond acceptors (Lipinski definition) is 6. The average Bonchev–Trinajstić information content (AvgIpc) is 3.47. The fourth-order valence-corrected chi connectivity index (χ4v) is 11.3. The molecule has 6 nitrogen and oxygen atoms in total. The Balaban J connectivity index is 4.21. The molecule has 1 unspecified atom stereocenters. The van der Waals surface area contributed by atoms with Gasteiger partial charge in [0.25, 0.3) is 0 Å². The van der Waals surface area contributed by atoms with Crippen LogP contribution in [0.3, 0.4) is 0 Å². The van der Waals surface area contributed by atoms with E-state index in [0.717, 1.165) is 77.0 Å². The van der Waals surface area contributed by atoms with Crippen LogP contribution in [-0.4, -0.2) is 37.2 Å². The quantitative estimate of drug-likeness (QED) is 0.0261. The summed E-state index contributed by atoms with van der Waals surface area (Å²) in [6.45, 7) is 6.70. The summed E-state index contributed by atoms with van der Waals surface area (Å²) in [6, 6.07) is 0. The molecule has 0 aromatic rings. The molecule has 82 heavy (non-hydrogen) atoms. The molecule has 0 rings (SSSR count). The van der Waals surface area contributed by atoms with Gasteiger partial charge in [0.15, 0.2) is 6.10 Å². The zero-order valence-electron chi connectivity index (χ0n) is 55.5. The number of ether oxygens (including phenoxy) is 3. The van der Waals surface area contributed by atoms with Crippen LogP contribution < -0.4 is 0 Å². The van der Waals surface area contributed by atoms with Crippen LogP contribution in [0.2, 0.25) is 0 Å². The van der Waals surface area contributed by atoms with Crippen molar-refractivity contribution in [2.24, 2.45) is 0 Å². The van der Waals surface area contributed by atoms with Crippen molar-refractivity contribution in [3.63, 3.8) is 0 Å². The third kappa shape index (κ3) is 68.4. The van der Waals surface area contributed by atoms with E-state index in [1.165, 1.54) is 295 Å². The lowest BCUT2D eigenvalue weighted by Crippen LogP contribution is -2.30. The van der Waals surface area contributed by atoms with Gasteiger partial charge in [0.2, 0.25) is 0 Å². The van der Waals surface area contributed by atoms with Crippen molar-refractivity contribution >= 4 is 17.9 Å². The maximum absolute atomic E-state index is 13.0. The molecule has 0 aliphatic heterocycles. The van der Waals surface area contributed by atoms with E-state index in [-0.39, 0.29) is 31.1 Å². The lowest BCUT2D eigenvalue weighted by atomic mass is 10.0. The topological polar surface area (TPSA) is 78.9 Å². The summed E-state index contributed by atoms with van der Waals surface area (Å²) in [5, 5.41) is 0. The van der Waals surface area contributed by atoms with Gasteiger partial charge in [-0.2, -0.15) is 0 Å². The highest BCUT2D eigenvalue weighted by molar-refractivity contribution is 5.71. The zero-order valence-corrected chi connectivity index (χ0v) is 55.5. The van der Waals surface area contributed by atoms with E-state index in [0.29, 0.717) is 19.3 Å². The molecule has 0 amide bonds. The summed E-state index contributed by atoms with van der Waals surface area (Å²) in [5.41, 5.74) is 0. The largest absolute Gasteiger partial charge is 0.462 e. The van der Waals surface area contributed by atoms with Crippen LogP contribution in [-0.2, 0) is 28.6 Å². The van der Waals surface area contributed by atoms with Crippen LogP contribution in [0, 0.1) is 0 Å². The molecule has 0 aliphatic rings. The van der Waals surface area contributed by atoms with Gasteiger partial charge in [0.05, 0.1) is 0 Å². The number of allylic oxidation sites excluding steroid dienone is 6. The molecule has 0 spiro atoms. The van der Waals surface area contributed by atoms with Crippen LogP contribution >= 0.6 is 0 Å². The predicted molar refractivity (Wildman–Crippen MR) is 358 cm³/mol. The maximum Gasteiger partial charge on any atom is 0.306 e. The lowest BCUT2D eigenvalue weighted by molar-refractivity contribution is -0.167. The van der Waals surface area contributed by atoms with Gasteiger partial charge in [-0.05, 0) is 57.8 Å². The molecule has 482 valence electrons. The SMILES string of the molecule is CCCCCCC/C=C\C/C=C\C/C=C\CCCCCCCCC(=O)OC(COC(=O)CCCCCCCCCCCCCCCC)COC(=O)CCCCCCCCCCCCCCCCCCCCCCCCCCCCCCC. The van der Waals surface area contributed by atoms with Gasteiger partial charge in [-0.25, -0.2) is 0 Å². The van der Waals surface area contributed by atoms with E-state index in [2.05, 4.69) is 57.2 Å². The Morgan fingerprint density at radius 1 is 0.244 bits per heavy atom. The van der Waals surface area contributed by atoms with Crippen molar-refractivity contribution in [2.75, 3.05) is 13.2 Å². The van der Waals surface area contributed by atoms with Crippen LogP contribution in [0.25, 0.3) is 0 Å². The Morgan fingerprint density at radius 2 is 0.439 bits per heavy atom. The van der Waals surface area contributed by atoms with Crippen LogP contribution in [0.1, 0.15) is 412 Å². The van der Waals surface area contributed by atoms with Crippen molar-refractivity contribution < 1.29 is 28.6 Å². The fourth-order valence-electron chi connectivity index (χ4n) is 11.3. The number of carbonyl (C=O) groups excluding carboxylic acids is 3. The van der Waals surface area contributed by atoms with Crippen molar-refractivity contribution in [3.05, 3.63) is 36.5 Å². The molecule has 0 heterocycles. The second kappa shape index (κ2) is 71.1. The number of esters is 3. The van der Waals surface area contributed by atoms with Gasteiger partial charge in [-0.15, -0.1) is 0 Å². The molecule has 1 atom stereocenters. The zero-order chi connectivity index (χ0) is 59.2. The highest BCUT2D eigenvalue weighted by atomic mass is 16.6. The van der Waals surface area contributed by atoms with Gasteiger partial charge in [-0.3, -0.25) is 14.4 Å². The smallest absolute Gasteiger partial charge is 0.306 e. The van der Waals surface area contributed by atoms with Gasteiger partial charge < -0.3 is 14.2 Å². The minimum absolute atomic E-state index is 0.0718. The normalized spacial score (nSPS) is 12.2. The molecule has 0 aromatic carbocycles. The third-order valence-corrected chi connectivity index (χ3v) is 16.9. The first kappa shape index (κ1) is 79.6. The Kier molecular flexibility index (Phi) is 69.1. The minimum atomic E-state index is -0.777. The van der Waals surface area contributed by atoms with Gasteiger partial charge in [-0.1, -0.05) is 372 Å². The molecule has 0 bridgehead atoms. The Hall–Kier alpha value is -2.37. The van der Waals surface area contributed by atoms with Gasteiger partial charge in [0, 0.05) is 19.3 Å². The van der Waals surface area contributed by atoms with E-state index in [1.807, 2.05) is 0 Å². The minimum Gasteiger partial charge on any atom is -0.462 e. The van der Waals surface area contributed by atoms with Gasteiger partial charge >= 0.3 is 17.9 Å². The molecule has 6 heteroatoms. The summed E-state index contributed by atoms with van der Waals surface area (Å²) in [5.74, 6) is -0.853. The second-order valence-corrected chi connectivity index (χ2v) is 25.2. The van der Waals surface area contributed by atoms with E-state index < -0.39 is 6.10 Å². The van der Waals surface area contributed by atoms with Crippen molar-refractivity contribution in [1.29, 1.82) is 0 Å². The average molecular weight is 1150 g/mol. The third-order valence-electron chi connectivity index (χ3n) is 16.9. The summed E-state index contributed by atoms with van der Waals surface area (Å²) >= 11 is 0. The Morgan fingerprint density at radius 3 is 0.683 bits per heavy atom. The van der Waals surface area contributed by atoms with Crippen molar-refractivity contribution in [3.8, 4) is 0 Å². The molecule has 0 radical (unpaired) electrons. The summed E-state index contributed by atoms with van der Waals surface area (Å²) < 4.78 is 17.0. The first-order valence-corrected chi connectivity index (χ1v) is 37.0. The molecular weight excluding hydrogens is 1010 g/mol. The molecule has 0 fully saturated rings. The van der Waals surface area contributed by atoms with Crippen molar-refractivity contribution in [2.45, 2.75) is 419 Å². The standard InChI is InChI=1S/C76H142O6/c1-4-7-10-13-16-19-22-25-28-30-32-34-35-36-37-38-39-40-41-43-44-46-48-51-54-57-60-63-66-69-75(78)81-72-73(71-80-74(77)68-65-62-59-56-53-50-27-24-21-18-15-12-9-6-3)82-76(79)70-67-64-61-58-55-52-49-47-45-42-33-31-29-26-23-20-17-14-11-8-5-2/h23,26,31,33,45,47,73H,4-22,24-25,27-30,32,34-44,46,48-72H2,1-3H3/b26-23-,33-31-,47-45-. The van der Waals surface area contributed by atoms with E-state index in [1.54, 1.807) is 0 Å². The number of carbonyl (C=O) groups is 3. The Labute approximate surface area is 512 Å². The van der Waals surface area contributed by atoms with Crippen molar-refractivity contribution in [1.82, 2.24) is 0 Å². The maximum atomic E-state index is 13.0. The molecule has 0 aromatic heterocycles. The number of hydrogen-bond donors (Lipinski definition) is 0. The number of unbranched alkanes of at least 4 members (excludes halogenated alkanes) is 52. The summed E-state index contributed by atoms with van der Waals surface area (Å²) in [6.07, 6.45) is 89.0. The number of rotatable bonds is 69. The summed E-state index contributed by atoms with van der Waals surface area (Å²) in [7, 11) is 0. The molecule has 0 saturated carbocycles. The monoisotopic (exact) mass is 1150 g/mol. The van der Waals surface area contributed by atoms with Gasteiger partial charge in [0.1, 0.15) is 13.2 Å². The second-order valence-electron chi connectivity index (χ2n) is 25.2. The van der Waals surface area contributed by atoms with E-state index in [4.69, 9.17) is 14.2 Å². The highest BCUT2D eigenvalue weighted by Crippen LogP contribution is 2.19.